The molecule has 4 heteroatoms. The maximum Gasteiger partial charge on any atom is 0.338 e. The van der Waals surface area contributed by atoms with Gasteiger partial charge in [-0.15, -0.1) is 0 Å². The topological polar surface area (TPSA) is 52.6 Å². The molecule has 0 radical (unpaired) electrons. The Morgan fingerprint density at radius 2 is 1.09 bits per heavy atom. The van der Waals surface area contributed by atoms with Crippen LogP contribution in [0.3, 0.4) is 0 Å². The summed E-state index contributed by atoms with van der Waals surface area (Å²) in [7, 11) is 2.63. The van der Waals surface area contributed by atoms with E-state index in [0.29, 0.717) is 0 Å². The molecule has 2 aliphatic rings. The maximum atomic E-state index is 12.4. The molecule has 4 nitrogen and oxygen atoms in total. The summed E-state index contributed by atoms with van der Waals surface area (Å²) in [6.45, 7) is 0. The summed E-state index contributed by atoms with van der Waals surface area (Å²) in [4.78, 5) is 24.8. The summed E-state index contributed by atoms with van der Waals surface area (Å²) in [5.41, 5.74) is 8.27. The number of benzene rings is 4. The van der Waals surface area contributed by atoms with E-state index in [-0.39, 0.29) is 16.5 Å². The Labute approximate surface area is 191 Å². The van der Waals surface area contributed by atoms with Crippen molar-refractivity contribution in [1.82, 2.24) is 0 Å². The molecule has 0 fully saturated rings. The number of hydrogen-bond donors (Lipinski definition) is 0. The average Bonchev–Trinajstić information content (AvgIpc) is 3.36. The second-order valence-electron chi connectivity index (χ2n) is 8.88. The van der Waals surface area contributed by atoms with Crippen LogP contribution in [-0.4, -0.2) is 26.2 Å². The van der Waals surface area contributed by atoms with Gasteiger partial charge in [0.15, 0.2) is 0 Å². The quantitative estimate of drug-likeness (QED) is 0.392. The van der Waals surface area contributed by atoms with Gasteiger partial charge in [-0.05, 0) is 69.1 Å². The number of carbonyl (C=O) groups excluding carboxylic acids is 2. The van der Waals surface area contributed by atoms with Crippen LogP contribution < -0.4 is 0 Å². The summed E-state index contributed by atoms with van der Waals surface area (Å²) in [6.07, 6.45) is 1.80. The van der Waals surface area contributed by atoms with E-state index in [1.807, 2.05) is 0 Å². The second kappa shape index (κ2) is 7.04. The van der Waals surface area contributed by atoms with E-state index in [1.54, 1.807) is 12.1 Å². The lowest BCUT2D eigenvalue weighted by molar-refractivity contribution is 0.0555. The van der Waals surface area contributed by atoms with Crippen LogP contribution in [0.2, 0.25) is 0 Å². The molecular weight excluding hydrogens is 412 g/mol. The van der Waals surface area contributed by atoms with E-state index >= 15 is 0 Å². The Balaban J connectivity index is 1.54. The third kappa shape index (κ3) is 2.70. The zero-order valence-corrected chi connectivity index (χ0v) is 18.5. The second-order valence-corrected chi connectivity index (χ2v) is 8.88. The number of ether oxygens (including phenoxy) is 2. The third-order valence-electron chi connectivity index (χ3n) is 7.27. The lowest BCUT2D eigenvalue weighted by atomic mass is 9.76. The standard InChI is InChI=1S/C29H22O4/c1-32-27(30)23-13-17-11-19-15-29(16-20(19)12-18(17)14-24(23)28(31)33-2)25-9-5-3-7-21(25)22-8-4-6-10-26(22)29/h3-14H,15-16H2,1-2H3. The summed E-state index contributed by atoms with van der Waals surface area (Å²) in [5.74, 6) is -1.10. The number of carbonyl (C=O) groups is 2. The predicted molar refractivity (Wildman–Crippen MR) is 127 cm³/mol. The number of hydrogen-bond acceptors (Lipinski definition) is 4. The molecule has 0 unspecified atom stereocenters. The van der Waals surface area contributed by atoms with E-state index in [2.05, 4.69) is 60.7 Å². The van der Waals surface area contributed by atoms with E-state index < -0.39 is 11.9 Å². The average molecular weight is 434 g/mol. The number of rotatable bonds is 2. The molecular formula is C29H22O4. The van der Waals surface area contributed by atoms with Gasteiger partial charge in [-0.3, -0.25) is 0 Å². The van der Waals surface area contributed by atoms with Crippen LogP contribution in [0, 0.1) is 0 Å². The Morgan fingerprint density at radius 3 is 1.52 bits per heavy atom. The summed E-state index contributed by atoms with van der Waals surface area (Å²) in [5, 5.41) is 1.83. The molecule has 0 bridgehead atoms. The molecule has 162 valence electrons. The monoisotopic (exact) mass is 434 g/mol. The van der Waals surface area contributed by atoms with Crippen LogP contribution in [0.5, 0.6) is 0 Å². The minimum absolute atomic E-state index is 0.0940. The lowest BCUT2D eigenvalue weighted by Crippen LogP contribution is -2.25. The minimum atomic E-state index is -0.548. The fourth-order valence-corrected chi connectivity index (χ4v) is 5.84. The first-order valence-corrected chi connectivity index (χ1v) is 11.0. The molecule has 0 N–H and O–H groups in total. The van der Waals surface area contributed by atoms with Gasteiger partial charge in [0.2, 0.25) is 0 Å². The van der Waals surface area contributed by atoms with Gasteiger partial charge in [0, 0.05) is 5.41 Å². The van der Waals surface area contributed by atoms with Crippen LogP contribution >= 0.6 is 0 Å². The molecule has 33 heavy (non-hydrogen) atoms. The van der Waals surface area contributed by atoms with Gasteiger partial charge in [-0.2, -0.15) is 0 Å². The summed E-state index contributed by atoms with van der Waals surface area (Å²) >= 11 is 0. The smallest absolute Gasteiger partial charge is 0.338 e. The molecule has 2 aliphatic carbocycles. The Morgan fingerprint density at radius 1 is 0.667 bits per heavy atom. The molecule has 0 aliphatic heterocycles. The van der Waals surface area contributed by atoms with Gasteiger partial charge in [0.05, 0.1) is 25.3 Å². The molecule has 0 saturated heterocycles. The lowest BCUT2D eigenvalue weighted by Gasteiger charge is -2.26. The van der Waals surface area contributed by atoms with Crippen molar-refractivity contribution >= 4 is 22.7 Å². The zero-order chi connectivity index (χ0) is 22.7. The van der Waals surface area contributed by atoms with Gasteiger partial charge < -0.3 is 9.47 Å². The third-order valence-corrected chi connectivity index (χ3v) is 7.27. The Kier molecular flexibility index (Phi) is 4.21. The highest BCUT2D eigenvalue weighted by Gasteiger charge is 2.46. The summed E-state index contributed by atoms with van der Waals surface area (Å²) in [6, 6.07) is 25.2. The van der Waals surface area contributed by atoms with Crippen LogP contribution in [0.1, 0.15) is 43.0 Å². The largest absolute Gasteiger partial charge is 0.465 e. The molecule has 0 atom stereocenters. The van der Waals surface area contributed by atoms with Crippen molar-refractivity contribution in [3.8, 4) is 11.1 Å². The van der Waals surface area contributed by atoms with Crippen LogP contribution in [0.15, 0.2) is 72.8 Å². The zero-order valence-electron chi connectivity index (χ0n) is 18.5. The van der Waals surface area contributed by atoms with Crippen molar-refractivity contribution in [3.05, 3.63) is 106 Å². The summed E-state index contributed by atoms with van der Waals surface area (Å²) < 4.78 is 9.84. The van der Waals surface area contributed by atoms with Crippen LogP contribution in [0.4, 0.5) is 0 Å². The van der Waals surface area contributed by atoms with Crippen LogP contribution in [-0.2, 0) is 27.7 Å². The van der Waals surface area contributed by atoms with Gasteiger partial charge in [0.1, 0.15) is 0 Å². The number of methoxy groups -OCH3 is 2. The van der Waals surface area contributed by atoms with E-state index in [0.717, 1.165) is 23.6 Å². The highest BCUT2D eigenvalue weighted by molar-refractivity contribution is 6.07. The van der Waals surface area contributed by atoms with Crippen molar-refractivity contribution in [2.24, 2.45) is 0 Å². The van der Waals surface area contributed by atoms with Gasteiger partial charge in [-0.25, -0.2) is 9.59 Å². The molecule has 4 aromatic rings. The van der Waals surface area contributed by atoms with Crippen LogP contribution in [0.25, 0.3) is 21.9 Å². The fraction of sp³-hybridized carbons (Fsp3) is 0.172. The molecule has 0 aromatic heterocycles. The highest BCUT2D eigenvalue weighted by atomic mass is 16.5. The fourth-order valence-electron chi connectivity index (χ4n) is 5.84. The van der Waals surface area contributed by atoms with Crippen molar-refractivity contribution in [1.29, 1.82) is 0 Å². The Bertz CT molecular complexity index is 1370. The Hall–Kier alpha value is -3.92. The van der Waals surface area contributed by atoms with E-state index in [1.165, 1.54) is 47.6 Å². The van der Waals surface area contributed by atoms with Crippen molar-refractivity contribution in [2.45, 2.75) is 18.3 Å². The van der Waals surface area contributed by atoms with Crippen molar-refractivity contribution in [2.75, 3.05) is 14.2 Å². The van der Waals surface area contributed by atoms with Gasteiger partial charge >= 0.3 is 11.9 Å². The minimum Gasteiger partial charge on any atom is -0.465 e. The molecule has 6 rings (SSSR count). The maximum absolute atomic E-state index is 12.4. The normalized spacial score (nSPS) is 14.6. The predicted octanol–water partition coefficient (Wildman–Crippen LogP) is 5.48. The van der Waals surface area contributed by atoms with Crippen molar-refractivity contribution in [3.63, 3.8) is 0 Å². The van der Waals surface area contributed by atoms with Gasteiger partial charge in [-0.1, -0.05) is 60.7 Å². The van der Waals surface area contributed by atoms with E-state index in [9.17, 15) is 9.59 Å². The van der Waals surface area contributed by atoms with E-state index in [4.69, 9.17) is 9.47 Å². The molecule has 4 aromatic carbocycles. The highest BCUT2D eigenvalue weighted by Crippen LogP contribution is 2.55. The first kappa shape index (κ1) is 19.7. The van der Waals surface area contributed by atoms with Gasteiger partial charge in [0.25, 0.3) is 0 Å². The molecule has 0 amide bonds. The first-order valence-electron chi connectivity index (χ1n) is 11.0. The van der Waals surface area contributed by atoms with Crippen molar-refractivity contribution < 1.29 is 19.1 Å². The number of fused-ring (bicyclic) bond motifs is 7. The first-order chi connectivity index (χ1) is 16.1. The molecule has 1 spiro atoms. The molecule has 0 heterocycles. The number of esters is 2. The SMILES string of the molecule is COC(=O)c1cc2cc3c(cc2cc1C(=O)OC)CC1(C3)c2ccccc2-c2ccccc21. The molecule has 0 saturated carbocycles.